The Hall–Kier alpha value is -1.82. The lowest BCUT2D eigenvalue weighted by Gasteiger charge is -2.18. The van der Waals surface area contributed by atoms with Crippen LogP contribution in [0.5, 0.6) is 0 Å². The fourth-order valence-electron chi connectivity index (χ4n) is 1.88. The molecule has 1 aromatic rings. The number of hydrogen-bond donors (Lipinski definition) is 1. The lowest BCUT2D eigenvalue weighted by molar-refractivity contribution is -0.130. The number of amides is 1. The van der Waals surface area contributed by atoms with Gasteiger partial charge in [0.15, 0.2) is 0 Å². The molecule has 1 heterocycles. The Kier molecular flexibility index (Phi) is 6.94. The topological polar surface area (TPSA) is 67.2 Å². The van der Waals surface area contributed by atoms with Gasteiger partial charge in [0.2, 0.25) is 5.91 Å². The minimum atomic E-state index is -0.378. The highest BCUT2D eigenvalue weighted by molar-refractivity contribution is 6.32. The number of nitrogens with one attached hydrogen (secondary N) is 1. The third-order valence-electron chi connectivity index (χ3n) is 3.06. The highest BCUT2D eigenvalue weighted by atomic mass is 35.5. The van der Waals surface area contributed by atoms with Gasteiger partial charge in [0, 0.05) is 26.1 Å². The van der Waals surface area contributed by atoms with E-state index in [9.17, 15) is 9.59 Å². The van der Waals surface area contributed by atoms with Crippen LogP contribution >= 0.6 is 11.6 Å². The second kappa shape index (κ2) is 8.46. The summed E-state index contributed by atoms with van der Waals surface area (Å²) in [5.74, 6) is 0.0663. The Morgan fingerprint density at radius 1 is 1.52 bits per heavy atom. The molecule has 21 heavy (non-hydrogen) atoms. The summed E-state index contributed by atoms with van der Waals surface area (Å²) in [5, 5.41) is 7.03. The van der Waals surface area contributed by atoms with Gasteiger partial charge in [-0.2, -0.15) is 5.10 Å². The number of hydrogen-bond acceptors (Lipinski definition) is 4. The molecule has 1 amide bonds. The Balaban J connectivity index is 2.64. The lowest BCUT2D eigenvalue weighted by atomic mass is 10.3. The second-order valence-electron chi connectivity index (χ2n) is 4.39. The number of allylic oxidation sites excluding steroid dienone is 1. The number of nitrogens with zero attached hydrogens (tertiary/aromatic N) is 3. The number of carbonyl (C=O) groups excluding carboxylic acids is 1. The third-order valence-corrected chi connectivity index (χ3v) is 3.42. The van der Waals surface area contributed by atoms with Gasteiger partial charge in [-0.3, -0.25) is 9.59 Å². The molecule has 1 rings (SSSR count). The molecule has 0 atom stereocenters. The van der Waals surface area contributed by atoms with Crippen LogP contribution in [0.1, 0.15) is 20.3 Å². The van der Waals surface area contributed by atoms with Crippen LogP contribution in [0.3, 0.4) is 0 Å². The molecule has 0 saturated carbocycles. The standard InChI is InChI=1S/C14H21ClN4O2/c1-4-9-19-14(21)13(15)11(10-17-19)16-8-7-12(20)18(5-2)6-3/h4,10,16H,1,5-9H2,2-3H3. The van der Waals surface area contributed by atoms with E-state index in [1.807, 2.05) is 13.8 Å². The Labute approximate surface area is 129 Å². The zero-order valence-electron chi connectivity index (χ0n) is 12.4. The molecule has 0 fully saturated rings. The predicted octanol–water partition coefficient (Wildman–Crippen LogP) is 1.75. The number of aromatic nitrogens is 2. The highest BCUT2D eigenvalue weighted by Gasteiger charge is 2.11. The highest BCUT2D eigenvalue weighted by Crippen LogP contribution is 2.15. The molecule has 1 N–H and O–H groups in total. The minimum absolute atomic E-state index is 0.0663. The van der Waals surface area contributed by atoms with Crippen molar-refractivity contribution in [2.75, 3.05) is 25.0 Å². The van der Waals surface area contributed by atoms with E-state index in [1.165, 1.54) is 10.9 Å². The average Bonchev–Trinajstić information content (AvgIpc) is 2.48. The Morgan fingerprint density at radius 2 is 2.19 bits per heavy atom. The molecule has 0 saturated heterocycles. The van der Waals surface area contributed by atoms with Crippen LogP contribution < -0.4 is 10.9 Å². The lowest BCUT2D eigenvalue weighted by Crippen LogP contribution is -2.31. The molecule has 116 valence electrons. The molecule has 0 unspecified atom stereocenters. The SMILES string of the molecule is C=CCn1ncc(NCCC(=O)N(CC)CC)c(Cl)c1=O. The first-order chi connectivity index (χ1) is 10.0. The van der Waals surface area contributed by atoms with Crippen molar-refractivity contribution in [3.8, 4) is 0 Å². The van der Waals surface area contributed by atoms with E-state index in [1.54, 1.807) is 11.0 Å². The van der Waals surface area contributed by atoms with E-state index in [-0.39, 0.29) is 16.5 Å². The van der Waals surface area contributed by atoms with Crippen molar-refractivity contribution in [3.05, 3.63) is 34.2 Å². The molecule has 1 aromatic heterocycles. The van der Waals surface area contributed by atoms with Crippen LogP contribution in [0.15, 0.2) is 23.6 Å². The zero-order valence-corrected chi connectivity index (χ0v) is 13.2. The molecule has 0 bridgehead atoms. The number of carbonyl (C=O) groups is 1. The predicted molar refractivity (Wildman–Crippen MR) is 84.7 cm³/mol. The van der Waals surface area contributed by atoms with E-state index in [0.717, 1.165) is 0 Å². The van der Waals surface area contributed by atoms with Gasteiger partial charge >= 0.3 is 0 Å². The van der Waals surface area contributed by atoms with E-state index in [0.29, 0.717) is 38.3 Å². The molecular formula is C14H21ClN4O2. The van der Waals surface area contributed by atoms with E-state index < -0.39 is 0 Å². The summed E-state index contributed by atoms with van der Waals surface area (Å²) in [5.41, 5.74) is 0.0611. The zero-order chi connectivity index (χ0) is 15.8. The number of anilines is 1. The summed E-state index contributed by atoms with van der Waals surface area (Å²) in [4.78, 5) is 25.5. The van der Waals surface area contributed by atoms with Crippen molar-refractivity contribution in [2.45, 2.75) is 26.8 Å². The van der Waals surface area contributed by atoms with Crippen LogP contribution in [0.4, 0.5) is 5.69 Å². The Bertz CT molecular complexity index is 552. The maximum absolute atomic E-state index is 11.9. The van der Waals surface area contributed by atoms with Crippen LogP contribution in [0, 0.1) is 0 Å². The normalized spacial score (nSPS) is 10.2. The average molecular weight is 313 g/mol. The van der Waals surface area contributed by atoms with Crippen LogP contribution in [0.2, 0.25) is 5.02 Å². The molecule has 0 aliphatic rings. The first-order valence-corrected chi connectivity index (χ1v) is 7.31. The monoisotopic (exact) mass is 312 g/mol. The second-order valence-corrected chi connectivity index (χ2v) is 4.77. The van der Waals surface area contributed by atoms with Gasteiger partial charge < -0.3 is 10.2 Å². The van der Waals surface area contributed by atoms with E-state index >= 15 is 0 Å². The summed E-state index contributed by atoms with van der Waals surface area (Å²) < 4.78 is 1.22. The van der Waals surface area contributed by atoms with Gasteiger partial charge in [-0.05, 0) is 13.8 Å². The molecule has 6 nitrogen and oxygen atoms in total. The van der Waals surface area contributed by atoms with Gasteiger partial charge in [-0.1, -0.05) is 17.7 Å². The smallest absolute Gasteiger partial charge is 0.287 e. The summed E-state index contributed by atoms with van der Waals surface area (Å²) in [6, 6.07) is 0. The van der Waals surface area contributed by atoms with Gasteiger partial charge in [-0.25, -0.2) is 4.68 Å². The molecule has 0 spiro atoms. The van der Waals surface area contributed by atoms with Crippen molar-refractivity contribution in [1.29, 1.82) is 0 Å². The van der Waals surface area contributed by atoms with Gasteiger partial charge in [-0.15, -0.1) is 6.58 Å². The molecule has 0 radical (unpaired) electrons. The molecule has 0 aliphatic heterocycles. The van der Waals surface area contributed by atoms with Gasteiger partial charge in [0.25, 0.3) is 5.56 Å². The Morgan fingerprint density at radius 3 is 2.76 bits per heavy atom. The van der Waals surface area contributed by atoms with Crippen molar-refractivity contribution in [1.82, 2.24) is 14.7 Å². The van der Waals surface area contributed by atoms with Crippen LogP contribution in [-0.2, 0) is 11.3 Å². The summed E-state index contributed by atoms with van der Waals surface area (Å²) in [6.07, 6.45) is 3.39. The van der Waals surface area contributed by atoms with Gasteiger partial charge in [0.05, 0.1) is 18.4 Å². The van der Waals surface area contributed by atoms with E-state index in [4.69, 9.17) is 11.6 Å². The summed E-state index contributed by atoms with van der Waals surface area (Å²) in [7, 11) is 0. The molecular weight excluding hydrogens is 292 g/mol. The minimum Gasteiger partial charge on any atom is -0.382 e. The van der Waals surface area contributed by atoms with Crippen molar-refractivity contribution >= 4 is 23.2 Å². The van der Waals surface area contributed by atoms with Crippen LogP contribution in [0.25, 0.3) is 0 Å². The molecule has 7 heteroatoms. The summed E-state index contributed by atoms with van der Waals surface area (Å²) >= 11 is 6.00. The van der Waals surface area contributed by atoms with Gasteiger partial charge in [0.1, 0.15) is 5.02 Å². The number of halogens is 1. The fourth-order valence-corrected chi connectivity index (χ4v) is 2.09. The molecule has 0 aromatic carbocycles. The van der Waals surface area contributed by atoms with Crippen LogP contribution in [-0.4, -0.2) is 40.2 Å². The maximum atomic E-state index is 11.9. The molecule has 0 aliphatic carbocycles. The van der Waals surface area contributed by atoms with E-state index in [2.05, 4.69) is 17.0 Å². The fraction of sp³-hybridized carbons (Fsp3) is 0.500. The third kappa shape index (κ3) is 4.60. The van der Waals surface area contributed by atoms with Crippen molar-refractivity contribution in [3.63, 3.8) is 0 Å². The quantitative estimate of drug-likeness (QED) is 0.743. The number of rotatable bonds is 8. The first-order valence-electron chi connectivity index (χ1n) is 6.93. The van der Waals surface area contributed by atoms with Crippen molar-refractivity contribution in [2.24, 2.45) is 0 Å². The van der Waals surface area contributed by atoms with Crippen molar-refractivity contribution < 1.29 is 4.79 Å². The largest absolute Gasteiger partial charge is 0.382 e. The maximum Gasteiger partial charge on any atom is 0.287 e. The summed E-state index contributed by atoms with van der Waals surface area (Å²) in [6.45, 7) is 9.52. The first kappa shape index (κ1) is 17.2.